The van der Waals surface area contributed by atoms with Crippen LogP contribution < -0.4 is 0 Å². The maximum atomic E-state index is 2.40. The van der Waals surface area contributed by atoms with Crippen molar-refractivity contribution in [2.24, 2.45) is 0 Å². The van der Waals surface area contributed by atoms with Gasteiger partial charge in [0.05, 0.1) is 0 Å². The lowest BCUT2D eigenvalue weighted by atomic mass is 10.4. The lowest BCUT2D eigenvalue weighted by Crippen LogP contribution is -2.17. The van der Waals surface area contributed by atoms with Crippen LogP contribution in [0.1, 0.15) is 26.7 Å². The molecule has 0 radical (unpaired) electrons. The molecule has 0 aromatic carbocycles. The van der Waals surface area contributed by atoms with Gasteiger partial charge in [-0.1, -0.05) is 0 Å². The van der Waals surface area contributed by atoms with Crippen molar-refractivity contribution >= 4 is 6.21 Å². The first kappa shape index (κ1) is 5.80. The van der Waals surface area contributed by atoms with Gasteiger partial charge in [-0.2, -0.15) is 0 Å². The highest BCUT2D eigenvalue weighted by molar-refractivity contribution is 5.52. The standard InChI is InChI=1S/C7H14N/c1-7(2)8-5-3-4-6-8/h5,7H,3-4,6H2,1-2H3/q+1. The second-order valence-corrected chi connectivity index (χ2v) is 2.66. The van der Waals surface area contributed by atoms with Crippen molar-refractivity contribution in [1.29, 1.82) is 0 Å². The van der Waals surface area contributed by atoms with E-state index in [-0.39, 0.29) is 0 Å². The summed E-state index contributed by atoms with van der Waals surface area (Å²) in [6, 6.07) is 0.720. The first-order chi connectivity index (χ1) is 3.80. The summed E-state index contributed by atoms with van der Waals surface area (Å²) in [7, 11) is 0. The molecular formula is C7H14N+. The van der Waals surface area contributed by atoms with E-state index in [9.17, 15) is 0 Å². The second-order valence-electron chi connectivity index (χ2n) is 2.66. The van der Waals surface area contributed by atoms with Crippen molar-refractivity contribution in [1.82, 2.24) is 0 Å². The SMILES string of the molecule is CC(C)[N+]1=CCCC1. The zero-order valence-corrected chi connectivity index (χ0v) is 5.72. The molecule has 0 aliphatic carbocycles. The van der Waals surface area contributed by atoms with E-state index in [0.717, 1.165) is 6.04 Å². The lowest BCUT2D eigenvalue weighted by Gasteiger charge is -1.98. The Bertz CT molecular complexity index is 103. The molecule has 1 aliphatic heterocycles. The Morgan fingerprint density at radius 2 is 2.25 bits per heavy atom. The van der Waals surface area contributed by atoms with Crippen LogP contribution >= 0.6 is 0 Å². The van der Waals surface area contributed by atoms with E-state index < -0.39 is 0 Å². The summed E-state index contributed by atoms with van der Waals surface area (Å²) in [6.45, 7) is 5.75. The normalized spacial score (nSPS) is 19.6. The minimum absolute atomic E-state index is 0.720. The average Bonchev–Trinajstić information content (AvgIpc) is 2.12. The van der Waals surface area contributed by atoms with Gasteiger partial charge in [-0.15, -0.1) is 0 Å². The topological polar surface area (TPSA) is 3.01 Å². The number of rotatable bonds is 1. The van der Waals surface area contributed by atoms with E-state index in [0.29, 0.717) is 0 Å². The summed E-state index contributed by atoms with van der Waals surface area (Å²) in [6.07, 6.45) is 4.96. The van der Waals surface area contributed by atoms with Gasteiger partial charge in [0.25, 0.3) is 0 Å². The third kappa shape index (κ3) is 1.09. The molecular weight excluding hydrogens is 98.1 g/mol. The highest BCUT2D eigenvalue weighted by atomic mass is 15.0. The Kier molecular flexibility index (Phi) is 1.66. The van der Waals surface area contributed by atoms with E-state index in [1.807, 2.05) is 0 Å². The van der Waals surface area contributed by atoms with Gasteiger partial charge < -0.3 is 0 Å². The van der Waals surface area contributed by atoms with Gasteiger partial charge in [-0.25, -0.2) is 4.58 Å². The molecule has 0 saturated carbocycles. The Hall–Kier alpha value is -0.330. The molecule has 0 aromatic heterocycles. The van der Waals surface area contributed by atoms with Gasteiger partial charge in [-0.05, 0) is 13.8 Å². The summed E-state index contributed by atoms with van der Waals surface area (Å²) in [5.74, 6) is 0. The molecule has 0 unspecified atom stereocenters. The minimum Gasteiger partial charge on any atom is -0.238 e. The highest BCUT2D eigenvalue weighted by Crippen LogP contribution is 1.99. The fourth-order valence-electron chi connectivity index (χ4n) is 1.09. The van der Waals surface area contributed by atoms with Crippen molar-refractivity contribution in [3.63, 3.8) is 0 Å². The van der Waals surface area contributed by atoms with E-state index in [4.69, 9.17) is 0 Å². The summed E-state index contributed by atoms with van der Waals surface area (Å²) >= 11 is 0. The monoisotopic (exact) mass is 112 g/mol. The maximum absolute atomic E-state index is 2.40. The van der Waals surface area contributed by atoms with Crippen LogP contribution in [0, 0.1) is 0 Å². The van der Waals surface area contributed by atoms with Crippen molar-refractivity contribution in [2.45, 2.75) is 32.7 Å². The summed E-state index contributed by atoms with van der Waals surface area (Å²) < 4.78 is 2.40. The van der Waals surface area contributed by atoms with E-state index in [2.05, 4.69) is 24.6 Å². The van der Waals surface area contributed by atoms with Crippen LogP contribution in [0.2, 0.25) is 0 Å². The Labute approximate surface area is 51.0 Å². The van der Waals surface area contributed by atoms with E-state index in [1.165, 1.54) is 19.4 Å². The smallest absolute Gasteiger partial charge is 0.146 e. The Balaban J connectivity index is 2.45. The molecule has 1 heteroatoms. The summed E-state index contributed by atoms with van der Waals surface area (Å²) in [5.41, 5.74) is 0. The number of hydrogen-bond acceptors (Lipinski definition) is 0. The fourth-order valence-corrected chi connectivity index (χ4v) is 1.09. The Morgan fingerprint density at radius 1 is 1.50 bits per heavy atom. The first-order valence-electron chi connectivity index (χ1n) is 3.40. The van der Waals surface area contributed by atoms with Crippen molar-refractivity contribution in [3.05, 3.63) is 0 Å². The van der Waals surface area contributed by atoms with Gasteiger partial charge in [-0.3, -0.25) is 0 Å². The zero-order chi connectivity index (χ0) is 5.98. The minimum atomic E-state index is 0.720. The molecule has 46 valence electrons. The molecule has 1 heterocycles. The van der Waals surface area contributed by atoms with Crippen LogP contribution in [-0.2, 0) is 0 Å². The largest absolute Gasteiger partial charge is 0.238 e. The molecule has 0 N–H and O–H groups in total. The van der Waals surface area contributed by atoms with E-state index in [1.54, 1.807) is 0 Å². The molecule has 0 spiro atoms. The predicted octanol–water partition coefficient (Wildman–Crippen LogP) is 1.27. The summed E-state index contributed by atoms with van der Waals surface area (Å²) in [5, 5.41) is 0. The van der Waals surface area contributed by atoms with Crippen LogP contribution in [0.3, 0.4) is 0 Å². The number of hydrogen-bond donors (Lipinski definition) is 0. The molecule has 0 fully saturated rings. The molecule has 1 aliphatic rings. The molecule has 0 saturated heterocycles. The predicted molar refractivity (Wildman–Crippen MR) is 35.6 cm³/mol. The van der Waals surface area contributed by atoms with Crippen molar-refractivity contribution in [2.75, 3.05) is 6.54 Å². The maximum Gasteiger partial charge on any atom is 0.146 e. The molecule has 8 heavy (non-hydrogen) atoms. The zero-order valence-electron chi connectivity index (χ0n) is 5.72. The van der Waals surface area contributed by atoms with Gasteiger partial charge in [0.1, 0.15) is 18.8 Å². The second kappa shape index (κ2) is 2.29. The fraction of sp³-hybridized carbons (Fsp3) is 0.857. The van der Waals surface area contributed by atoms with Crippen LogP contribution in [0.4, 0.5) is 0 Å². The third-order valence-corrected chi connectivity index (χ3v) is 1.65. The molecule has 1 rings (SSSR count). The molecule has 1 nitrogen and oxygen atoms in total. The van der Waals surface area contributed by atoms with Gasteiger partial charge in [0.15, 0.2) is 0 Å². The van der Waals surface area contributed by atoms with Crippen LogP contribution in [0.5, 0.6) is 0 Å². The molecule has 0 amide bonds. The molecule has 0 aromatic rings. The van der Waals surface area contributed by atoms with E-state index >= 15 is 0 Å². The number of nitrogens with zero attached hydrogens (tertiary/aromatic N) is 1. The van der Waals surface area contributed by atoms with Crippen LogP contribution in [-0.4, -0.2) is 23.4 Å². The van der Waals surface area contributed by atoms with Crippen LogP contribution in [0.25, 0.3) is 0 Å². The van der Waals surface area contributed by atoms with Crippen molar-refractivity contribution in [3.8, 4) is 0 Å². The van der Waals surface area contributed by atoms with Gasteiger partial charge in [0.2, 0.25) is 0 Å². The first-order valence-corrected chi connectivity index (χ1v) is 3.40. The highest BCUT2D eigenvalue weighted by Gasteiger charge is 2.12. The quantitative estimate of drug-likeness (QED) is 0.449. The molecule has 0 atom stereocenters. The lowest BCUT2D eigenvalue weighted by molar-refractivity contribution is -0.547. The van der Waals surface area contributed by atoms with Crippen LogP contribution in [0.15, 0.2) is 0 Å². The summed E-state index contributed by atoms with van der Waals surface area (Å²) in [4.78, 5) is 0. The van der Waals surface area contributed by atoms with Crippen molar-refractivity contribution < 1.29 is 4.58 Å². The van der Waals surface area contributed by atoms with Gasteiger partial charge in [0, 0.05) is 12.8 Å². The average molecular weight is 112 g/mol. The third-order valence-electron chi connectivity index (χ3n) is 1.65. The van der Waals surface area contributed by atoms with Gasteiger partial charge >= 0.3 is 0 Å². The molecule has 0 bridgehead atoms. The Morgan fingerprint density at radius 3 is 2.50 bits per heavy atom.